The van der Waals surface area contributed by atoms with Crippen LogP contribution >= 0.6 is 0 Å². The number of hydrogen-bond acceptors (Lipinski definition) is 14. The van der Waals surface area contributed by atoms with E-state index in [2.05, 4.69) is 77.1 Å². The predicted molar refractivity (Wildman–Crippen MR) is 171 cm³/mol. The molecule has 4 aliphatic heterocycles. The number of nitrogens with one attached hydrogen (secondary N) is 5. The van der Waals surface area contributed by atoms with Crippen molar-refractivity contribution >= 4 is 0 Å². The first-order valence-corrected chi connectivity index (χ1v) is 17.0. The van der Waals surface area contributed by atoms with E-state index >= 15 is 0 Å². The number of hydrazine groups is 1. The molecule has 4 saturated heterocycles. The van der Waals surface area contributed by atoms with Gasteiger partial charge in [-0.05, 0) is 20.1 Å². The first-order valence-electron chi connectivity index (χ1n) is 17.0. The highest BCUT2D eigenvalue weighted by atomic mass is 16.5. The lowest BCUT2D eigenvalue weighted by Crippen LogP contribution is -2.95. The summed E-state index contributed by atoms with van der Waals surface area (Å²) in [5.74, 6) is -1.45. The predicted octanol–water partition coefficient (Wildman–Crippen LogP) is -3.28. The third-order valence-corrected chi connectivity index (χ3v) is 9.50. The molecule has 0 spiro atoms. The number of likely N-dealkylation sites (N-methyl/N-ethyl adjacent to an activating group) is 2. The molecule has 4 rings (SSSR count). The van der Waals surface area contributed by atoms with Crippen LogP contribution in [0.5, 0.6) is 0 Å². The van der Waals surface area contributed by atoms with Crippen molar-refractivity contribution in [3.05, 3.63) is 0 Å². The maximum absolute atomic E-state index is 10.1. The molecule has 0 aromatic rings. The van der Waals surface area contributed by atoms with Crippen LogP contribution in [-0.2, 0) is 9.47 Å². The molecule has 0 saturated carbocycles. The Hall–Kier alpha value is -0.560. The monoisotopic (exact) mass is 614 g/mol. The summed E-state index contributed by atoms with van der Waals surface area (Å²) in [4.78, 5) is 9.91. The number of morpholine rings is 2. The van der Waals surface area contributed by atoms with Gasteiger partial charge in [0.1, 0.15) is 0 Å². The number of nitrogens with zero attached hydrogens (tertiary/aromatic N) is 6. The van der Waals surface area contributed by atoms with E-state index in [1.54, 1.807) is 0 Å². The average Bonchev–Trinajstić information content (AvgIpc) is 3.05. The van der Waals surface area contributed by atoms with Crippen molar-refractivity contribution in [2.75, 3.05) is 164 Å². The maximum atomic E-state index is 10.1. The molecule has 6 N–H and O–H groups in total. The summed E-state index contributed by atoms with van der Waals surface area (Å²) < 4.78 is 11.4. The van der Waals surface area contributed by atoms with Crippen molar-refractivity contribution in [3.8, 4) is 0 Å². The van der Waals surface area contributed by atoms with E-state index in [0.29, 0.717) is 19.8 Å². The van der Waals surface area contributed by atoms with Crippen molar-refractivity contribution in [1.29, 1.82) is 0 Å². The van der Waals surface area contributed by atoms with Gasteiger partial charge in [0.2, 0.25) is 0 Å². The van der Waals surface area contributed by atoms with Gasteiger partial charge in [0, 0.05) is 111 Å². The molecule has 4 fully saturated rings. The Morgan fingerprint density at radius 1 is 0.721 bits per heavy atom. The molecule has 4 aliphatic rings. The van der Waals surface area contributed by atoms with Crippen LogP contribution in [0.25, 0.3) is 0 Å². The second kappa shape index (κ2) is 18.6. The Labute approximate surface area is 260 Å². The quantitative estimate of drug-likeness (QED) is 0.0868. The van der Waals surface area contributed by atoms with Crippen LogP contribution in [0, 0.1) is 0 Å². The van der Waals surface area contributed by atoms with Gasteiger partial charge in [-0.2, -0.15) is 0 Å². The average molecular weight is 614 g/mol. The highest BCUT2D eigenvalue weighted by Crippen LogP contribution is 2.27. The fraction of sp³-hybridized carbons (Fsp3) is 1.00. The third kappa shape index (κ3) is 9.72. The molecule has 0 bridgehead atoms. The standard InChI is InChI=1S/C29H63N11O3/c1-4-36(5-2)11-8-33-29(34-10-23-41)28(31-7-13-38-19-24-42-25-20-38,30-6-12-37-17-15-35(3)16-18-37)32-9-14-40(29)39-21-26-43-27-22-39/h30-34,41H,4-27H2,1-3H3. The molecule has 0 aromatic heterocycles. The minimum Gasteiger partial charge on any atom is -0.395 e. The van der Waals surface area contributed by atoms with Gasteiger partial charge in [-0.25, -0.2) is 10.0 Å². The van der Waals surface area contributed by atoms with E-state index in [4.69, 9.17) is 9.47 Å². The minimum atomic E-state index is -0.744. The largest absolute Gasteiger partial charge is 0.395 e. The molecule has 252 valence electrons. The normalized spacial score (nSPS) is 29.5. The van der Waals surface area contributed by atoms with Crippen LogP contribution in [0.4, 0.5) is 0 Å². The summed E-state index contributed by atoms with van der Waals surface area (Å²) in [5, 5.41) is 34.9. The number of aliphatic hydroxyl groups is 1. The second-order valence-electron chi connectivity index (χ2n) is 12.1. The van der Waals surface area contributed by atoms with Crippen LogP contribution in [-0.4, -0.2) is 211 Å². The summed E-state index contributed by atoms with van der Waals surface area (Å²) in [7, 11) is 2.21. The first kappa shape index (κ1) is 35.3. The molecule has 4 heterocycles. The first-order chi connectivity index (χ1) is 21.1. The zero-order valence-electron chi connectivity index (χ0n) is 27.4. The zero-order chi connectivity index (χ0) is 30.4. The molecule has 2 atom stereocenters. The van der Waals surface area contributed by atoms with Gasteiger partial charge in [0.05, 0.1) is 33.0 Å². The molecule has 14 nitrogen and oxygen atoms in total. The van der Waals surface area contributed by atoms with Crippen molar-refractivity contribution in [2.45, 2.75) is 25.4 Å². The van der Waals surface area contributed by atoms with Gasteiger partial charge in [-0.1, -0.05) is 13.8 Å². The lowest BCUT2D eigenvalue weighted by atomic mass is 10.0. The Morgan fingerprint density at radius 3 is 1.91 bits per heavy atom. The van der Waals surface area contributed by atoms with Crippen LogP contribution in [0.1, 0.15) is 13.8 Å². The van der Waals surface area contributed by atoms with E-state index in [0.717, 1.165) is 131 Å². The fourth-order valence-corrected chi connectivity index (χ4v) is 6.81. The number of ether oxygens (including phenoxy) is 2. The Balaban J connectivity index is 1.61. The van der Waals surface area contributed by atoms with Gasteiger partial charge in [0.15, 0.2) is 11.6 Å². The van der Waals surface area contributed by atoms with E-state index in [9.17, 15) is 5.11 Å². The van der Waals surface area contributed by atoms with Crippen molar-refractivity contribution in [1.82, 2.24) is 56.2 Å². The van der Waals surface area contributed by atoms with Gasteiger partial charge in [-0.3, -0.25) is 36.4 Å². The van der Waals surface area contributed by atoms with Crippen LogP contribution < -0.4 is 26.6 Å². The Kier molecular flexibility index (Phi) is 15.2. The van der Waals surface area contributed by atoms with E-state index in [1.165, 1.54) is 0 Å². The number of rotatable bonds is 18. The van der Waals surface area contributed by atoms with E-state index in [1.807, 2.05) is 0 Å². The number of piperazine rings is 2. The van der Waals surface area contributed by atoms with Gasteiger partial charge in [-0.15, -0.1) is 0 Å². The third-order valence-electron chi connectivity index (χ3n) is 9.50. The molecule has 14 heteroatoms. The Morgan fingerprint density at radius 2 is 1.30 bits per heavy atom. The fourth-order valence-electron chi connectivity index (χ4n) is 6.81. The van der Waals surface area contributed by atoms with E-state index < -0.39 is 11.6 Å². The summed E-state index contributed by atoms with van der Waals surface area (Å²) in [6.45, 7) is 25.0. The maximum Gasteiger partial charge on any atom is 0.186 e. The van der Waals surface area contributed by atoms with E-state index in [-0.39, 0.29) is 6.61 Å². The van der Waals surface area contributed by atoms with Crippen molar-refractivity contribution < 1.29 is 14.6 Å². The molecular formula is C29H63N11O3. The molecule has 43 heavy (non-hydrogen) atoms. The van der Waals surface area contributed by atoms with Crippen molar-refractivity contribution in [3.63, 3.8) is 0 Å². The molecule has 2 unspecified atom stereocenters. The molecule has 0 aliphatic carbocycles. The van der Waals surface area contributed by atoms with Crippen LogP contribution in [0.3, 0.4) is 0 Å². The highest BCUT2D eigenvalue weighted by molar-refractivity contribution is 5.08. The topological polar surface area (TPSA) is 118 Å². The molecule has 0 aromatic carbocycles. The zero-order valence-corrected chi connectivity index (χ0v) is 27.4. The van der Waals surface area contributed by atoms with Crippen molar-refractivity contribution in [2.24, 2.45) is 0 Å². The SMILES string of the molecule is CCN(CC)CCNC1(NCCO)N(N2CCOCC2)CCNC1(NCCN1CCOCC1)NCCN1CCN(C)CC1. The molecule has 0 radical (unpaired) electrons. The van der Waals surface area contributed by atoms with Gasteiger partial charge >= 0.3 is 0 Å². The summed E-state index contributed by atoms with van der Waals surface area (Å²) in [6.07, 6.45) is 0. The lowest BCUT2D eigenvalue weighted by Gasteiger charge is -2.62. The Bertz CT molecular complexity index is 749. The van der Waals surface area contributed by atoms with Gasteiger partial charge in [0.25, 0.3) is 0 Å². The summed E-state index contributed by atoms with van der Waals surface area (Å²) >= 11 is 0. The second-order valence-corrected chi connectivity index (χ2v) is 12.1. The molecular weight excluding hydrogens is 550 g/mol. The number of hydrogen-bond donors (Lipinski definition) is 6. The summed E-state index contributed by atoms with van der Waals surface area (Å²) in [5.41, 5.74) is 0. The van der Waals surface area contributed by atoms with Crippen LogP contribution in [0.2, 0.25) is 0 Å². The molecule has 0 amide bonds. The van der Waals surface area contributed by atoms with Gasteiger partial charge < -0.3 is 24.4 Å². The minimum absolute atomic E-state index is 0.0571. The summed E-state index contributed by atoms with van der Waals surface area (Å²) in [6, 6.07) is 0. The smallest absolute Gasteiger partial charge is 0.186 e. The van der Waals surface area contributed by atoms with Crippen LogP contribution in [0.15, 0.2) is 0 Å². The lowest BCUT2D eigenvalue weighted by molar-refractivity contribution is -0.229. The highest BCUT2D eigenvalue weighted by Gasteiger charge is 2.58. The number of aliphatic hydroxyl groups excluding tert-OH is 1.